The fourth-order valence-corrected chi connectivity index (χ4v) is 2.28. The van der Waals surface area contributed by atoms with Crippen LogP contribution in [0.3, 0.4) is 0 Å². The lowest BCUT2D eigenvalue weighted by Gasteiger charge is -2.24. The van der Waals surface area contributed by atoms with Crippen molar-refractivity contribution in [3.8, 4) is 6.07 Å². The van der Waals surface area contributed by atoms with Crippen molar-refractivity contribution in [3.05, 3.63) is 23.4 Å². The van der Waals surface area contributed by atoms with Crippen LogP contribution in [0.15, 0.2) is 17.2 Å². The second kappa shape index (κ2) is 3.99. The number of hydrogen-bond donors (Lipinski definition) is 0. The number of ether oxygens (including phenoxy) is 1. The maximum absolute atomic E-state index is 8.78. The Kier molecular flexibility index (Phi) is 2.71. The Morgan fingerprint density at radius 2 is 2.36 bits per heavy atom. The van der Waals surface area contributed by atoms with Crippen molar-refractivity contribution in [3.63, 3.8) is 0 Å². The van der Waals surface area contributed by atoms with Gasteiger partial charge in [-0.1, -0.05) is 11.8 Å². The molecule has 0 spiro atoms. The van der Waals surface area contributed by atoms with Crippen LogP contribution in [0.1, 0.15) is 11.3 Å². The van der Waals surface area contributed by atoms with Crippen molar-refractivity contribution in [1.82, 2.24) is 4.98 Å². The third-order valence-electron chi connectivity index (χ3n) is 1.95. The topological polar surface area (TPSA) is 45.9 Å². The quantitative estimate of drug-likeness (QED) is 0.739. The van der Waals surface area contributed by atoms with Gasteiger partial charge in [-0.25, -0.2) is 4.98 Å². The van der Waals surface area contributed by atoms with Gasteiger partial charge in [-0.2, -0.15) is 5.26 Å². The molecule has 2 rings (SSSR count). The summed E-state index contributed by atoms with van der Waals surface area (Å²) < 4.78 is 5.08. The van der Waals surface area contributed by atoms with Gasteiger partial charge in [-0.05, 0) is 19.1 Å². The molecule has 2 heterocycles. The molecule has 3 nitrogen and oxygen atoms in total. The zero-order chi connectivity index (χ0) is 9.97. The average Bonchev–Trinajstić information content (AvgIpc) is 2.10. The highest BCUT2D eigenvalue weighted by molar-refractivity contribution is 8.00. The molecule has 4 heteroatoms. The summed E-state index contributed by atoms with van der Waals surface area (Å²) in [5, 5.41) is 10.2. The third kappa shape index (κ3) is 2.06. The van der Waals surface area contributed by atoms with E-state index in [1.165, 1.54) is 0 Å². The summed E-state index contributed by atoms with van der Waals surface area (Å²) in [5.41, 5.74) is 1.58. The van der Waals surface area contributed by atoms with Crippen molar-refractivity contribution < 1.29 is 4.74 Å². The second-order valence-corrected chi connectivity index (χ2v) is 4.55. The molecule has 1 aromatic rings. The molecule has 0 amide bonds. The summed E-state index contributed by atoms with van der Waals surface area (Å²) in [7, 11) is 0. The van der Waals surface area contributed by atoms with Crippen molar-refractivity contribution in [1.29, 1.82) is 5.26 Å². The van der Waals surface area contributed by atoms with Crippen LogP contribution in [0.2, 0.25) is 0 Å². The molecule has 72 valence electrons. The van der Waals surface area contributed by atoms with Gasteiger partial charge >= 0.3 is 0 Å². The van der Waals surface area contributed by atoms with Crippen LogP contribution in [-0.2, 0) is 4.74 Å². The molecule has 1 aromatic heterocycles. The van der Waals surface area contributed by atoms with Gasteiger partial charge in [0, 0.05) is 5.69 Å². The first-order chi connectivity index (χ1) is 6.78. The van der Waals surface area contributed by atoms with E-state index in [4.69, 9.17) is 10.00 Å². The Hall–Kier alpha value is -1.05. The van der Waals surface area contributed by atoms with Crippen LogP contribution in [0.5, 0.6) is 0 Å². The van der Waals surface area contributed by atoms with Crippen LogP contribution in [-0.4, -0.2) is 23.4 Å². The van der Waals surface area contributed by atoms with Gasteiger partial charge in [-0.3, -0.25) is 0 Å². The fraction of sp³-hybridized carbons (Fsp3) is 0.400. The fourth-order valence-electron chi connectivity index (χ4n) is 1.22. The lowest BCUT2D eigenvalue weighted by Crippen LogP contribution is -2.30. The van der Waals surface area contributed by atoms with Gasteiger partial charge in [-0.15, -0.1) is 0 Å². The van der Waals surface area contributed by atoms with Crippen LogP contribution < -0.4 is 0 Å². The molecule has 1 saturated heterocycles. The lowest BCUT2D eigenvalue weighted by atomic mass is 10.2. The maximum Gasteiger partial charge on any atom is 0.0993 e. The normalized spacial score (nSPS) is 16.0. The molecule has 0 radical (unpaired) electrons. The van der Waals surface area contributed by atoms with Crippen LogP contribution >= 0.6 is 11.8 Å². The van der Waals surface area contributed by atoms with Crippen LogP contribution in [0.25, 0.3) is 0 Å². The van der Waals surface area contributed by atoms with E-state index in [1.807, 2.05) is 13.0 Å². The summed E-state index contributed by atoms with van der Waals surface area (Å²) in [6.07, 6.45) is 0. The molecule has 1 aliphatic rings. The van der Waals surface area contributed by atoms with E-state index in [9.17, 15) is 0 Å². The molecular weight excluding hydrogens is 196 g/mol. The molecule has 1 aliphatic heterocycles. The van der Waals surface area contributed by atoms with E-state index in [-0.39, 0.29) is 0 Å². The van der Waals surface area contributed by atoms with Gasteiger partial charge in [0.05, 0.1) is 35.1 Å². The van der Waals surface area contributed by atoms with Gasteiger partial charge < -0.3 is 4.74 Å². The SMILES string of the molecule is Cc1cc(C#N)cc(SC2COC2)n1. The van der Waals surface area contributed by atoms with Crippen molar-refractivity contribution >= 4 is 11.8 Å². The van der Waals surface area contributed by atoms with Gasteiger partial charge in [0.25, 0.3) is 0 Å². The predicted octanol–water partition coefficient (Wildman–Crippen LogP) is 1.75. The summed E-state index contributed by atoms with van der Waals surface area (Å²) >= 11 is 1.69. The second-order valence-electron chi connectivity index (χ2n) is 3.22. The van der Waals surface area contributed by atoms with Gasteiger partial charge in [0.1, 0.15) is 0 Å². The smallest absolute Gasteiger partial charge is 0.0993 e. The number of nitriles is 1. The summed E-state index contributed by atoms with van der Waals surface area (Å²) in [5.74, 6) is 0. The predicted molar refractivity (Wildman–Crippen MR) is 54.2 cm³/mol. The highest BCUT2D eigenvalue weighted by Gasteiger charge is 2.20. The van der Waals surface area contributed by atoms with Crippen molar-refractivity contribution in [2.24, 2.45) is 0 Å². The number of aryl methyl sites for hydroxylation is 1. The zero-order valence-electron chi connectivity index (χ0n) is 7.86. The molecule has 0 saturated carbocycles. The highest BCUT2D eigenvalue weighted by atomic mass is 32.2. The zero-order valence-corrected chi connectivity index (χ0v) is 8.67. The Morgan fingerprint density at radius 3 is 2.93 bits per heavy atom. The van der Waals surface area contributed by atoms with E-state index >= 15 is 0 Å². The summed E-state index contributed by atoms with van der Waals surface area (Å²) in [4.78, 5) is 4.36. The number of pyridine rings is 1. The minimum Gasteiger partial charge on any atom is -0.379 e. The Labute approximate surface area is 87.1 Å². The molecule has 0 aliphatic carbocycles. The first-order valence-electron chi connectivity index (χ1n) is 4.41. The largest absolute Gasteiger partial charge is 0.379 e. The highest BCUT2D eigenvalue weighted by Crippen LogP contribution is 2.27. The molecule has 0 atom stereocenters. The Bertz CT molecular complexity index is 382. The van der Waals surface area contributed by atoms with E-state index in [2.05, 4.69) is 11.1 Å². The molecule has 0 N–H and O–H groups in total. The van der Waals surface area contributed by atoms with Gasteiger partial charge in [0.15, 0.2) is 0 Å². The van der Waals surface area contributed by atoms with Crippen LogP contribution in [0.4, 0.5) is 0 Å². The van der Waals surface area contributed by atoms with E-state index in [1.54, 1.807) is 17.8 Å². The summed E-state index contributed by atoms with van der Waals surface area (Å²) in [6.45, 7) is 3.49. The molecular formula is C10H10N2OS. The number of hydrogen-bond acceptors (Lipinski definition) is 4. The first-order valence-corrected chi connectivity index (χ1v) is 5.29. The van der Waals surface area contributed by atoms with E-state index < -0.39 is 0 Å². The Balaban J connectivity index is 2.16. The molecule has 0 aromatic carbocycles. The number of nitrogens with zero attached hydrogens (tertiary/aromatic N) is 2. The molecule has 14 heavy (non-hydrogen) atoms. The maximum atomic E-state index is 8.78. The number of thioether (sulfide) groups is 1. The van der Waals surface area contributed by atoms with E-state index in [0.29, 0.717) is 10.8 Å². The first kappa shape index (κ1) is 9.50. The molecule has 0 unspecified atom stereocenters. The Morgan fingerprint density at radius 1 is 1.57 bits per heavy atom. The third-order valence-corrected chi connectivity index (χ3v) is 3.01. The standard InChI is InChI=1S/C10H10N2OS/c1-7-2-8(4-11)3-10(12-7)14-9-5-13-6-9/h2-3,9H,5-6H2,1H3. The monoisotopic (exact) mass is 206 g/mol. The molecule has 1 fully saturated rings. The van der Waals surface area contributed by atoms with Gasteiger partial charge in [0.2, 0.25) is 0 Å². The number of aromatic nitrogens is 1. The van der Waals surface area contributed by atoms with Crippen LogP contribution in [0, 0.1) is 18.3 Å². The minimum absolute atomic E-state index is 0.510. The minimum atomic E-state index is 0.510. The average molecular weight is 206 g/mol. The molecule has 0 bridgehead atoms. The lowest BCUT2D eigenvalue weighted by molar-refractivity contribution is 0.0454. The van der Waals surface area contributed by atoms with Crippen molar-refractivity contribution in [2.75, 3.05) is 13.2 Å². The number of rotatable bonds is 2. The van der Waals surface area contributed by atoms with E-state index in [0.717, 1.165) is 23.9 Å². The summed E-state index contributed by atoms with van der Waals surface area (Å²) in [6, 6.07) is 5.76. The van der Waals surface area contributed by atoms with Crippen molar-refractivity contribution in [2.45, 2.75) is 17.2 Å².